The summed E-state index contributed by atoms with van der Waals surface area (Å²) in [4.78, 5) is 24.7. The molecule has 0 aliphatic heterocycles. The smallest absolute Gasteiger partial charge is 0.261 e. The van der Waals surface area contributed by atoms with Crippen molar-refractivity contribution < 1.29 is 9.59 Å². The summed E-state index contributed by atoms with van der Waals surface area (Å²) in [5.41, 5.74) is -0.276. The van der Waals surface area contributed by atoms with E-state index >= 15 is 0 Å². The van der Waals surface area contributed by atoms with Crippen LogP contribution in [-0.4, -0.2) is 23.4 Å². The van der Waals surface area contributed by atoms with Gasteiger partial charge in [0.1, 0.15) is 0 Å². The molecule has 0 aromatic carbocycles. The first-order valence-electron chi connectivity index (χ1n) is 6.92. The lowest BCUT2D eigenvalue weighted by atomic mass is 10.1. The molecule has 1 aromatic rings. The fourth-order valence-corrected chi connectivity index (χ4v) is 2.12. The Morgan fingerprint density at radius 1 is 1.05 bits per heavy atom. The van der Waals surface area contributed by atoms with Crippen LogP contribution in [-0.2, 0) is 0 Å². The molecule has 4 nitrogen and oxygen atoms in total. The number of carbonyl (C=O) groups excluding carboxylic acids is 2. The number of hydrogen-bond donors (Lipinski definition) is 2. The third-order valence-corrected chi connectivity index (χ3v) is 3.04. The minimum Gasteiger partial charge on any atom is -0.349 e. The van der Waals surface area contributed by atoms with Crippen molar-refractivity contribution >= 4 is 23.2 Å². The van der Waals surface area contributed by atoms with Gasteiger partial charge >= 0.3 is 0 Å². The summed E-state index contributed by atoms with van der Waals surface area (Å²) >= 11 is 1.21. The van der Waals surface area contributed by atoms with E-state index in [2.05, 4.69) is 10.6 Å². The minimum absolute atomic E-state index is 0.0893. The van der Waals surface area contributed by atoms with Crippen LogP contribution < -0.4 is 10.6 Å². The molecule has 1 rings (SSSR count). The summed E-state index contributed by atoms with van der Waals surface area (Å²) in [7, 11) is 0. The highest BCUT2D eigenvalue weighted by molar-refractivity contribution is 7.15. The first-order chi connectivity index (χ1) is 9.19. The zero-order valence-electron chi connectivity index (χ0n) is 13.5. The Morgan fingerprint density at radius 2 is 1.50 bits per heavy atom. The van der Waals surface area contributed by atoms with E-state index in [4.69, 9.17) is 0 Å². The molecule has 0 saturated carbocycles. The van der Waals surface area contributed by atoms with Gasteiger partial charge in [-0.15, -0.1) is 11.3 Å². The van der Waals surface area contributed by atoms with Crippen LogP contribution in [0, 0.1) is 0 Å². The normalized spacial score (nSPS) is 10.6. The highest BCUT2D eigenvalue weighted by atomic mass is 32.1. The predicted octanol–water partition coefficient (Wildman–Crippen LogP) is 3.44. The molecular formula is C15H26N2O2S. The topological polar surface area (TPSA) is 58.2 Å². The third kappa shape index (κ3) is 6.70. The summed E-state index contributed by atoms with van der Waals surface area (Å²) in [5.74, 6) is -0.277. The van der Waals surface area contributed by atoms with Gasteiger partial charge in [0, 0.05) is 11.6 Å². The Balaban J connectivity index is 0.00000172. The maximum atomic E-state index is 11.9. The fraction of sp³-hybridized carbons (Fsp3) is 0.600. The van der Waals surface area contributed by atoms with Crippen molar-refractivity contribution in [3.8, 4) is 0 Å². The lowest BCUT2D eigenvalue weighted by Crippen LogP contribution is -2.40. The van der Waals surface area contributed by atoms with Crippen LogP contribution >= 0.6 is 11.3 Å². The van der Waals surface area contributed by atoms with Gasteiger partial charge in [-0.25, -0.2) is 0 Å². The van der Waals surface area contributed by atoms with Gasteiger partial charge in [0.05, 0.1) is 9.75 Å². The molecule has 0 aliphatic rings. The molecule has 0 atom stereocenters. The van der Waals surface area contributed by atoms with E-state index in [1.807, 2.05) is 48.5 Å². The predicted molar refractivity (Wildman–Crippen MR) is 85.5 cm³/mol. The molecule has 1 aromatic heterocycles. The molecule has 2 N–H and O–H groups in total. The number of hydrogen-bond acceptors (Lipinski definition) is 3. The van der Waals surface area contributed by atoms with Crippen molar-refractivity contribution in [1.82, 2.24) is 10.6 Å². The average Bonchev–Trinajstić information content (AvgIpc) is 2.77. The molecule has 1 heterocycles. The van der Waals surface area contributed by atoms with Crippen LogP contribution in [0.3, 0.4) is 0 Å². The molecule has 0 spiro atoms. The van der Waals surface area contributed by atoms with E-state index < -0.39 is 0 Å². The van der Waals surface area contributed by atoms with Crippen LogP contribution in [0.5, 0.6) is 0 Å². The molecule has 0 unspecified atom stereocenters. The Hall–Kier alpha value is -1.36. The lowest BCUT2D eigenvalue weighted by Gasteiger charge is -2.19. The van der Waals surface area contributed by atoms with E-state index in [1.54, 1.807) is 12.1 Å². The second-order valence-electron chi connectivity index (χ2n) is 5.50. The van der Waals surface area contributed by atoms with Gasteiger partial charge in [0.2, 0.25) is 0 Å². The molecule has 0 aliphatic carbocycles. The molecule has 2 amide bonds. The minimum atomic E-state index is -0.276. The molecule has 0 bridgehead atoms. The van der Waals surface area contributed by atoms with E-state index in [0.29, 0.717) is 9.75 Å². The Bertz CT molecular complexity index is 445. The molecule has 5 heteroatoms. The average molecular weight is 298 g/mol. The van der Waals surface area contributed by atoms with Gasteiger partial charge < -0.3 is 10.6 Å². The second-order valence-corrected chi connectivity index (χ2v) is 6.58. The fourth-order valence-electron chi connectivity index (χ4n) is 1.32. The summed E-state index contributed by atoms with van der Waals surface area (Å²) in [6.45, 7) is 13.6. The largest absolute Gasteiger partial charge is 0.349 e. The molecule has 0 saturated heterocycles. The Labute approximate surface area is 126 Å². The number of amides is 2. The van der Waals surface area contributed by atoms with Gasteiger partial charge in [-0.2, -0.15) is 0 Å². The maximum Gasteiger partial charge on any atom is 0.261 e. The van der Waals surface area contributed by atoms with E-state index in [9.17, 15) is 9.59 Å². The first kappa shape index (κ1) is 18.6. The number of rotatable bonds is 3. The van der Waals surface area contributed by atoms with Gasteiger partial charge in [0.25, 0.3) is 11.8 Å². The highest BCUT2D eigenvalue weighted by Crippen LogP contribution is 2.17. The number of nitrogens with one attached hydrogen (secondary N) is 2. The van der Waals surface area contributed by atoms with Gasteiger partial charge in [-0.05, 0) is 46.8 Å². The molecule has 0 radical (unpaired) electrons. The van der Waals surface area contributed by atoms with Crippen LogP contribution in [0.25, 0.3) is 0 Å². The van der Waals surface area contributed by atoms with Crippen molar-refractivity contribution in [1.29, 1.82) is 0 Å². The number of thiophene rings is 1. The van der Waals surface area contributed by atoms with Gasteiger partial charge in [0.15, 0.2) is 0 Å². The van der Waals surface area contributed by atoms with Crippen molar-refractivity contribution in [3.05, 3.63) is 21.9 Å². The van der Waals surface area contributed by atoms with Crippen molar-refractivity contribution in [3.63, 3.8) is 0 Å². The van der Waals surface area contributed by atoms with E-state index in [1.165, 1.54) is 11.3 Å². The van der Waals surface area contributed by atoms with Crippen molar-refractivity contribution in [2.45, 2.75) is 60.0 Å². The monoisotopic (exact) mass is 298 g/mol. The molecule has 114 valence electrons. The van der Waals surface area contributed by atoms with Crippen molar-refractivity contribution in [2.75, 3.05) is 0 Å². The highest BCUT2D eigenvalue weighted by Gasteiger charge is 2.18. The lowest BCUT2D eigenvalue weighted by molar-refractivity contribution is 0.0921. The SMILES string of the molecule is CC.CC(C)NC(=O)c1ccc(C(=O)NC(C)(C)C)s1. The van der Waals surface area contributed by atoms with Crippen LogP contribution in [0.15, 0.2) is 12.1 Å². The second kappa shape index (κ2) is 8.04. The molecule has 20 heavy (non-hydrogen) atoms. The zero-order valence-corrected chi connectivity index (χ0v) is 14.3. The summed E-state index contributed by atoms with van der Waals surface area (Å²) in [5, 5.41) is 5.67. The number of carbonyl (C=O) groups is 2. The Morgan fingerprint density at radius 3 is 1.90 bits per heavy atom. The van der Waals surface area contributed by atoms with Crippen LogP contribution in [0.4, 0.5) is 0 Å². The van der Waals surface area contributed by atoms with E-state index in [-0.39, 0.29) is 23.4 Å². The zero-order chi connectivity index (χ0) is 15.9. The summed E-state index contributed by atoms with van der Waals surface area (Å²) in [6, 6.07) is 3.45. The van der Waals surface area contributed by atoms with Gasteiger partial charge in [-0.3, -0.25) is 9.59 Å². The Kier molecular flexibility index (Phi) is 7.50. The maximum absolute atomic E-state index is 11.9. The first-order valence-corrected chi connectivity index (χ1v) is 7.74. The molecule has 0 fully saturated rings. The van der Waals surface area contributed by atoms with Crippen molar-refractivity contribution in [2.24, 2.45) is 0 Å². The van der Waals surface area contributed by atoms with E-state index in [0.717, 1.165) is 0 Å². The third-order valence-electron chi connectivity index (χ3n) is 1.96. The summed E-state index contributed by atoms with van der Waals surface area (Å²) in [6.07, 6.45) is 0. The van der Waals surface area contributed by atoms with Crippen LogP contribution in [0.1, 0.15) is 67.8 Å². The van der Waals surface area contributed by atoms with Gasteiger partial charge in [-0.1, -0.05) is 13.8 Å². The molecular weight excluding hydrogens is 272 g/mol. The quantitative estimate of drug-likeness (QED) is 0.898. The standard InChI is InChI=1S/C13H20N2O2S.C2H6/c1-8(2)14-11(16)9-6-7-10(18-9)12(17)15-13(3,4)5;1-2/h6-8H,1-5H3,(H,14,16)(H,15,17);1-2H3. The summed E-state index contributed by atoms with van der Waals surface area (Å²) < 4.78 is 0. The van der Waals surface area contributed by atoms with Crippen LogP contribution in [0.2, 0.25) is 0 Å².